The van der Waals surface area contributed by atoms with E-state index in [1.54, 1.807) is 36.5 Å². The summed E-state index contributed by atoms with van der Waals surface area (Å²) in [7, 11) is 2.92. The number of methoxy groups -OCH3 is 2. The van der Waals surface area contributed by atoms with E-state index in [0.717, 1.165) is 5.56 Å². The van der Waals surface area contributed by atoms with Crippen LogP contribution in [0.25, 0.3) is 5.76 Å². The van der Waals surface area contributed by atoms with Crippen molar-refractivity contribution in [2.45, 2.75) is 19.5 Å². The van der Waals surface area contributed by atoms with Gasteiger partial charge in [0.2, 0.25) is 0 Å². The van der Waals surface area contributed by atoms with Gasteiger partial charge in [-0.15, -0.1) is 0 Å². The maximum atomic E-state index is 13.3. The fraction of sp³-hybridized carbons (Fsp3) is 0.192. The average Bonchev–Trinajstić information content (AvgIpc) is 3.08. The number of amides is 1. The molecule has 0 saturated carbocycles. The van der Waals surface area contributed by atoms with Gasteiger partial charge in [0, 0.05) is 6.20 Å². The Morgan fingerprint density at radius 3 is 2.30 bits per heavy atom. The van der Waals surface area contributed by atoms with Gasteiger partial charge in [-0.1, -0.05) is 42.0 Å². The van der Waals surface area contributed by atoms with Gasteiger partial charge >= 0.3 is 0 Å². The quantitative estimate of drug-likeness (QED) is 0.351. The van der Waals surface area contributed by atoms with Gasteiger partial charge in [0.25, 0.3) is 11.7 Å². The van der Waals surface area contributed by atoms with E-state index < -0.39 is 17.7 Å². The summed E-state index contributed by atoms with van der Waals surface area (Å²) >= 11 is 0. The van der Waals surface area contributed by atoms with Crippen LogP contribution in [-0.4, -0.2) is 40.9 Å². The summed E-state index contributed by atoms with van der Waals surface area (Å²) < 4.78 is 10.8. The van der Waals surface area contributed by atoms with Crippen LogP contribution in [-0.2, 0) is 16.1 Å². The number of ketones is 1. The van der Waals surface area contributed by atoms with E-state index in [0.29, 0.717) is 22.8 Å². The molecule has 0 radical (unpaired) electrons. The fourth-order valence-electron chi connectivity index (χ4n) is 4.12. The number of aryl methyl sites for hydroxylation is 1. The highest BCUT2D eigenvalue weighted by Gasteiger charge is 2.46. The Morgan fingerprint density at radius 1 is 1.00 bits per heavy atom. The van der Waals surface area contributed by atoms with E-state index in [-0.39, 0.29) is 23.4 Å². The second-order valence-electron chi connectivity index (χ2n) is 7.70. The van der Waals surface area contributed by atoms with Crippen LogP contribution in [0.2, 0.25) is 0 Å². The van der Waals surface area contributed by atoms with Gasteiger partial charge in [0.05, 0.1) is 38.1 Å². The van der Waals surface area contributed by atoms with Gasteiger partial charge in [-0.05, 0) is 36.8 Å². The first-order chi connectivity index (χ1) is 16.0. The van der Waals surface area contributed by atoms with Crippen LogP contribution in [0.5, 0.6) is 11.5 Å². The number of aromatic nitrogens is 1. The molecule has 2 aromatic carbocycles. The fourth-order valence-corrected chi connectivity index (χ4v) is 4.12. The van der Waals surface area contributed by atoms with Crippen molar-refractivity contribution in [1.29, 1.82) is 0 Å². The van der Waals surface area contributed by atoms with Crippen LogP contribution in [0.4, 0.5) is 0 Å². The number of Topliss-reactive ketones (excluding diaryl/α,β-unsaturated/α-hetero) is 1. The molecule has 7 heteroatoms. The summed E-state index contributed by atoms with van der Waals surface area (Å²) in [5.74, 6) is -1.18. The van der Waals surface area contributed by atoms with Crippen molar-refractivity contribution in [3.63, 3.8) is 0 Å². The molecule has 1 N–H and O–H groups in total. The number of likely N-dealkylation sites (tertiary alicyclic amines) is 1. The number of nitrogens with zero attached hydrogens (tertiary/aromatic N) is 2. The largest absolute Gasteiger partial charge is 0.506 e. The standard InChI is InChI=1S/C26H24N2O5/c1-16-8-6-9-17(14-16)23-22(24(29)21-19(32-2)11-7-12-20(21)33-3)25(30)26(31)28(23)15-18-10-4-5-13-27-18/h4-14,23,29H,15H2,1-3H3/b24-22+. The van der Waals surface area contributed by atoms with E-state index in [2.05, 4.69) is 4.98 Å². The maximum absolute atomic E-state index is 13.3. The monoisotopic (exact) mass is 444 g/mol. The Balaban J connectivity index is 1.94. The number of ether oxygens (including phenoxy) is 2. The Labute approximate surface area is 191 Å². The molecule has 1 unspecified atom stereocenters. The molecule has 33 heavy (non-hydrogen) atoms. The van der Waals surface area contributed by atoms with Crippen LogP contribution in [0.15, 0.2) is 72.4 Å². The van der Waals surface area contributed by atoms with Crippen molar-refractivity contribution < 1.29 is 24.2 Å². The summed E-state index contributed by atoms with van der Waals surface area (Å²) in [5, 5.41) is 11.4. The van der Waals surface area contributed by atoms with Gasteiger partial charge in [-0.2, -0.15) is 0 Å². The number of carbonyl (C=O) groups excluding carboxylic acids is 2. The van der Waals surface area contributed by atoms with Crippen molar-refractivity contribution >= 4 is 17.4 Å². The molecule has 0 spiro atoms. The van der Waals surface area contributed by atoms with Crippen LogP contribution >= 0.6 is 0 Å². The number of aliphatic hydroxyl groups excluding tert-OH is 1. The summed E-state index contributed by atoms with van der Waals surface area (Å²) in [6, 6.07) is 17.1. The number of carbonyl (C=O) groups is 2. The first-order valence-corrected chi connectivity index (χ1v) is 10.4. The van der Waals surface area contributed by atoms with Crippen molar-refractivity contribution in [1.82, 2.24) is 9.88 Å². The Morgan fingerprint density at radius 2 is 1.70 bits per heavy atom. The molecular weight excluding hydrogens is 420 g/mol. The molecule has 3 aromatic rings. The number of hydrogen-bond acceptors (Lipinski definition) is 6. The third kappa shape index (κ3) is 4.05. The van der Waals surface area contributed by atoms with E-state index >= 15 is 0 Å². The molecule has 1 aromatic heterocycles. The molecule has 168 valence electrons. The van der Waals surface area contributed by atoms with Crippen molar-refractivity contribution in [2.75, 3.05) is 14.2 Å². The van der Waals surface area contributed by atoms with Crippen molar-refractivity contribution in [3.8, 4) is 11.5 Å². The zero-order valence-corrected chi connectivity index (χ0v) is 18.6. The summed E-state index contributed by atoms with van der Waals surface area (Å²) in [4.78, 5) is 32.2. The minimum Gasteiger partial charge on any atom is -0.506 e. The van der Waals surface area contributed by atoms with Gasteiger partial charge in [0.1, 0.15) is 22.8 Å². The summed E-state index contributed by atoms with van der Waals surface area (Å²) in [5.41, 5.74) is 2.50. The second kappa shape index (κ2) is 9.16. The molecule has 1 fully saturated rings. The summed E-state index contributed by atoms with van der Waals surface area (Å²) in [6.45, 7) is 2.04. The predicted molar refractivity (Wildman–Crippen MR) is 123 cm³/mol. The first kappa shape index (κ1) is 22.1. The predicted octanol–water partition coefficient (Wildman–Crippen LogP) is 4.03. The van der Waals surface area contributed by atoms with Gasteiger partial charge < -0.3 is 19.5 Å². The molecule has 0 bridgehead atoms. The molecule has 1 aliphatic rings. The van der Waals surface area contributed by atoms with Crippen LogP contribution in [0, 0.1) is 6.92 Å². The molecule has 1 aliphatic heterocycles. The lowest BCUT2D eigenvalue weighted by atomic mass is 9.93. The molecule has 1 saturated heterocycles. The van der Waals surface area contributed by atoms with E-state index in [9.17, 15) is 14.7 Å². The first-order valence-electron chi connectivity index (χ1n) is 10.4. The van der Waals surface area contributed by atoms with E-state index in [4.69, 9.17) is 9.47 Å². The highest BCUT2D eigenvalue weighted by Crippen LogP contribution is 2.43. The van der Waals surface area contributed by atoms with Crippen molar-refractivity contribution in [2.24, 2.45) is 0 Å². The number of benzene rings is 2. The smallest absolute Gasteiger partial charge is 0.296 e. The zero-order valence-electron chi connectivity index (χ0n) is 18.6. The number of rotatable bonds is 6. The molecule has 4 rings (SSSR count). The minimum absolute atomic E-state index is 0.0238. The molecule has 2 heterocycles. The highest BCUT2D eigenvalue weighted by molar-refractivity contribution is 6.46. The third-order valence-corrected chi connectivity index (χ3v) is 5.62. The summed E-state index contributed by atoms with van der Waals surface area (Å²) in [6.07, 6.45) is 1.63. The second-order valence-corrected chi connectivity index (χ2v) is 7.70. The SMILES string of the molecule is COc1cccc(OC)c1/C(O)=C1\C(=O)C(=O)N(Cc2ccccn2)C1c1cccc(C)c1. The Kier molecular flexibility index (Phi) is 6.13. The molecule has 1 atom stereocenters. The number of aliphatic hydroxyl groups is 1. The van der Waals surface area contributed by atoms with Crippen LogP contribution in [0.1, 0.15) is 28.4 Å². The van der Waals surface area contributed by atoms with Crippen LogP contribution < -0.4 is 9.47 Å². The van der Waals surface area contributed by atoms with Gasteiger partial charge in [0.15, 0.2) is 0 Å². The van der Waals surface area contributed by atoms with E-state index in [1.807, 2.05) is 37.3 Å². The lowest BCUT2D eigenvalue weighted by Crippen LogP contribution is -2.29. The molecule has 1 amide bonds. The maximum Gasteiger partial charge on any atom is 0.296 e. The van der Waals surface area contributed by atoms with Gasteiger partial charge in [-0.3, -0.25) is 14.6 Å². The molecule has 0 aliphatic carbocycles. The number of pyridine rings is 1. The zero-order chi connectivity index (χ0) is 23.5. The highest BCUT2D eigenvalue weighted by atomic mass is 16.5. The molecular formula is C26H24N2O5. The molecule has 7 nitrogen and oxygen atoms in total. The van der Waals surface area contributed by atoms with E-state index in [1.165, 1.54) is 19.1 Å². The van der Waals surface area contributed by atoms with Gasteiger partial charge in [-0.25, -0.2) is 0 Å². The Hall–Kier alpha value is -4.13. The number of hydrogen-bond donors (Lipinski definition) is 1. The topological polar surface area (TPSA) is 89.0 Å². The lowest BCUT2D eigenvalue weighted by molar-refractivity contribution is -0.140. The lowest BCUT2D eigenvalue weighted by Gasteiger charge is -2.25. The van der Waals surface area contributed by atoms with Crippen LogP contribution in [0.3, 0.4) is 0 Å². The average molecular weight is 444 g/mol. The third-order valence-electron chi connectivity index (χ3n) is 5.62. The Bertz CT molecular complexity index is 1210. The normalized spacial score (nSPS) is 17.3. The minimum atomic E-state index is -0.804. The van der Waals surface area contributed by atoms with Crippen molar-refractivity contribution in [3.05, 3.63) is 94.8 Å².